The first kappa shape index (κ1) is 26.2. The molecule has 0 aromatic rings. The fraction of sp³-hybridized carbons (Fsp3) is 0.875. The van der Waals surface area contributed by atoms with Gasteiger partial charge < -0.3 is 10.4 Å². The second-order valence-corrected chi connectivity index (χ2v) is 8.29. The summed E-state index contributed by atoms with van der Waals surface area (Å²) in [6.45, 7) is 6.33. The molecule has 0 radical (unpaired) electrons. The summed E-state index contributed by atoms with van der Waals surface area (Å²) in [7, 11) is 0. The Balaban J connectivity index is 3.33. The van der Waals surface area contributed by atoms with Crippen LogP contribution in [0.4, 0.5) is 0 Å². The van der Waals surface area contributed by atoms with Crippen LogP contribution >= 0.6 is 0 Å². The highest BCUT2D eigenvalue weighted by molar-refractivity contribution is 5.76. The number of rotatable bonds is 19. The molecule has 1 amide bonds. The van der Waals surface area contributed by atoms with E-state index in [1.807, 2.05) is 13.8 Å². The standard InChI is InChI=1S/C24H47NO2/c1-4-5-6-7-8-9-10-11-12-13-14-15-16-17-18-19-20-24(27)25-23(21-26)22(2)3/h11-12,22-23,26H,4-10,13-21H2,1-3H3,(H,25,27)/t23-/m1/s1. The Morgan fingerprint density at radius 2 is 1.30 bits per heavy atom. The van der Waals surface area contributed by atoms with Crippen LogP contribution in [0.3, 0.4) is 0 Å². The van der Waals surface area contributed by atoms with Crippen molar-refractivity contribution in [2.45, 2.75) is 123 Å². The highest BCUT2D eigenvalue weighted by Gasteiger charge is 2.14. The second kappa shape index (κ2) is 19.9. The molecular weight excluding hydrogens is 334 g/mol. The number of aliphatic hydroxyl groups excluding tert-OH is 1. The van der Waals surface area contributed by atoms with Gasteiger partial charge >= 0.3 is 0 Å². The number of allylic oxidation sites excluding steroid dienone is 2. The molecule has 0 saturated heterocycles. The quantitative estimate of drug-likeness (QED) is 0.197. The van der Waals surface area contributed by atoms with Crippen molar-refractivity contribution in [1.82, 2.24) is 5.32 Å². The molecule has 0 aliphatic rings. The van der Waals surface area contributed by atoms with Crippen LogP contribution in [0.25, 0.3) is 0 Å². The van der Waals surface area contributed by atoms with E-state index in [1.54, 1.807) is 0 Å². The van der Waals surface area contributed by atoms with Gasteiger partial charge in [-0.2, -0.15) is 0 Å². The van der Waals surface area contributed by atoms with Gasteiger partial charge in [0.25, 0.3) is 0 Å². The Morgan fingerprint density at radius 3 is 1.78 bits per heavy atom. The lowest BCUT2D eigenvalue weighted by molar-refractivity contribution is -0.122. The van der Waals surface area contributed by atoms with Crippen molar-refractivity contribution in [2.24, 2.45) is 5.92 Å². The maximum Gasteiger partial charge on any atom is 0.220 e. The molecule has 0 aliphatic carbocycles. The molecule has 0 rings (SSSR count). The van der Waals surface area contributed by atoms with E-state index in [1.165, 1.54) is 77.0 Å². The number of carbonyl (C=O) groups excluding carboxylic acids is 1. The summed E-state index contributed by atoms with van der Waals surface area (Å²) >= 11 is 0. The summed E-state index contributed by atoms with van der Waals surface area (Å²) in [6, 6.07) is -0.105. The van der Waals surface area contributed by atoms with Crippen molar-refractivity contribution >= 4 is 5.91 Å². The maximum atomic E-state index is 11.8. The summed E-state index contributed by atoms with van der Waals surface area (Å²) < 4.78 is 0. The average Bonchev–Trinajstić information content (AvgIpc) is 2.65. The second-order valence-electron chi connectivity index (χ2n) is 8.29. The van der Waals surface area contributed by atoms with Crippen molar-refractivity contribution < 1.29 is 9.90 Å². The maximum absolute atomic E-state index is 11.8. The van der Waals surface area contributed by atoms with Gasteiger partial charge in [-0.1, -0.05) is 90.7 Å². The minimum Gasteiger partial charge on any atom is -0.394 e. The van der Waals surface area contributed by atoms with Gasteiger partial charge in [0.15, 0.2) is 0 Å². The third-order valence-electron chi connectivity index (χ3n) is 5.26. The lowest BCUT2D eigenvalue weighted by Crippen LogP contribution is -2.41. The van der Waals surface area contributed by atoms with Crippen molar-refractivity contribution in [3.63, 3.8) is 0 Å². The molecule has 0 aromatic heterocycles. The lowest BCUT2D eigenvalue weighted by atomic mass is 10.0. The SMILES string of the molecule is CCCCCCCCC=CCCCCCCCCC(=O)N[C@H](CO)C(C)C. The first-order valence-electron chi connectivity index (χ1n) is 11.7. The molecule has 27 heavy (non-hydrogen) atoms. The summed E-state index contributed by atoms with van der Waals surface area (Å²) in [5.41, 5.74) is 0. The third kappa shape index (κ3) is 18.3. The van der Waals surface area contributed by atoms with Gasteiger partial charge in [-0.05, 0) is 38.0 Å². The molecule has 160 valence electrons. The van der Waals surface area contributed by atoms with Gasteiger partial charge in [-0.15, -0.1) is 0 Å². The zero-order valence-electron chi connectivity index (χ0n) is 18.5. The molecular formula is C24H47NO2. The fourth-order valence-corrected chi connectivity index (χ4v) is 3.24. The number of hydrogen-bond donors (Lipinski definition) is 2. The first-order chi connectivity index (χ1) is 13.1. The van der Waals surface area contributed by atoms with Crippen LogP contribution < -0.4 is 5.32 Å². The van der Waals surface area contributed by atoms with E-state index in [9.17, 15) is 9.90 Å². The minimum absolute atomic E-state index is 0.0246. The van der Waals surface area contributed by atoms with Gasteiger partial charge in [-0.25, -0.2) is 0 Å². The molecule has 2 N–H and O–H groups in total. The van der Waals surface area contributed by atoms with E-state index < -0.39 is 0 Å². The summed E-state index contributed by atoms with van der Waals surface area (Å²) in [5.74, 6) is 0.358. The molecule has 3 heteroatoms. The highest BCUT2D eigenvalue weighted by Crippen LogP contribution is 2.11. The van der Waals surface area contributed by atoms with E-state index >= 15 is 0 Å². The third-order valence-corrected chi connectivity index (χ3v) is 5.26. The van der Waals surface area contributed by atoms with Crippen LogP contribution in [0.1, 0.15) is 117 Å². The highest BCUT2D eigenvalue weighted by atomic mass is 16.3. The Labute approximate surface area is 169 Å². The number of unbranched alkanes of at least 4 members (excludes halogenated alkanes) is 12. The predicted octanol–water partition coefficient (Wildman–Crippen LogP) is 6.55. The fourth-order valence-electron chi connectivity index (χ4n) is 3.24. The summed E-state index contributed by atoms with van der Waals surface area (Å²) in [6.07, 6.45) is 23.3. The lowest BCUT2D eigenvalue weighted by Gasteiger charge is -2.19. The molecule has 0 heterocycles. The Hall–Kier alpha value is -0.830. The van der Waals surface area contributed by atoms with Gasteiger partial charge in [0.1, 0.15) is 0 Å². The van der Waals surface area contributed by atoms with E-state index in [2.05, 4.69) is 24.4 Å². The molecule has 3 nitrogen and oxygen atoms in total. The zero-order chi connectivity index (χ0) is 20.2. The van der Waals surface area contributed by atoms with Crippen LogP contribution in [0.5, 0.6) is 0 Å². The van der Waals surface area contributed by atoms with Crippen LogP contribution in [0, 0.1) is 5.92 Å². The summed E-state index contributed by atoms with van der Waals surface area (Å²) in [5, 5.41) is 12.2. The number of carbonyl (C=O) groups is 1. The van der Waals surface area contributed by atoms with Crippen molar-refractivity contribution in [2.75, 3.05) is 6.61 Å². The number of aliphatic hydroxyl groups is 1. The molecule has 0 bridgehead atoms. The Bertz CT molecular complexity index is 352. The number of hydrogen-bond acceptors (Lipinski definition) is 2. The molecule has 0 saturated carbocycles. The molecule has 0 unspecified atom stereocenters. The van der Waals surface area contributed by atoms with Gasteiger partial charge in [0, 0.05) is 6.42 Å². The van der Waals surface area contributed by atoms with E-state index in [-0.39, 0.29) is 24.5 Å². The number of nitrogens with one attached hydrogen (secondary N) is 1. The molecule has 0 aliphatic heterocycles. The normalized spacial score (nSPS) is 12.8. The van der Waals surface area contributed by atoms with Crippen molar-refractivity contribution in [3.8, 4) is 0 Å². The van der Waals surface area contributed by atoms with Crippen molar-refractivity contribution in [1.29, 1.82) is 0 Å². The molecule has 0 spiro atoms. The van der Waals surface area contributed by atoms with Crippen molar-refractivity contribution in [3.05, 3.63) is 12.2 Å². The first-order valence-corrected chi connectivity index (χ1v) is 11.7. The smallest absolute Gasteiger partial charge is 0.220 e. The van der Waals surface area contributed by atoms with E-state index in [0.717, 1.165) is 12.8 Å². The van der Waals surface area contributed by atoms with E-state index in [4.69, 9.17) is 0 Å². The largest absolute Gasteiger partial charge is 0.394 e. The van der Waals surface area contributed by atoms with E-state index in [0.29, 0.717) is 6.42 Å². The zero-order valence-corrected chi connectivity index (χ0v) is 18.5. The van der Waals surface area contributed by atoms with Crippen LogP contribution in [0.2, 0.25) is 0 Å². The van der Waals surface area contributed by atoms with Gasteiger partial charge in [0.2, 0.25) is 5.91 Å². The molecule has 0 aromatic carbocycles. The molecule has 0 fully saturated rings. The topological polar surface area (TPSA) is 49.3 Å². The average molecular weight is 382 g/mol. The summed E-state index contributed by atoms with van der Waals surface area (Å²) in [4.78, 5) is 11.8. The Morgan fingerprint density at radius 1 is 0.815 bits per heavy atom. The van der Waals surface area contributed by atoms with Gasteiger partial charge in [-0.3, -0.25) is 4.79 Å². The van der Waals surface area contributed by atoms with Crippen LogP contribution in [-0.2, 0) is 4.79 Å². The van der Waals surface area contributed by atoms with Crippen LogP contribution in [-0.4, -0.2) is 23.7 Å². The van der Waals surface area contributed by atoms with Crippen LogP contribution in [0.15, 0.2) is 12.2 Å². The van der Waals surface area contributed by atoms with Gasteiger partial charge in [0.05, 0.1) is 12.6 Å². The molecule has 1 atom stereocenters. The minimum atomic E-state index is -0.105. The number of amides is 1. The Kier molecular flexibility index (Phi) is 19.3. The predicted molar refractivity (Wildman–Crippen MR) is 118 cm³/mol. The monoisotopic (exact) mass is 381 g/mol.